The third-order valence-electron chi connectivity index (χ3n) is 5.49. The van der Waals surface area contributed by atoms with E-state index in [0.717, 1.165) is 35.1 Å². The van der Waals surface area contributed by atoms with Crippen molar-refractivity contribution in [1.82, 2.24) is 4.90 Å². The van der Waals surface area contributed by atoms with Crippen LogP contribution in [0.25, 0.3) is 11.0 Å². The summed E-state index contributed by atoms with van der Waals surface area (Å²) in [6, 6.07) is 13.2. The van der Waals surface area contributed by atoms with Crippen LogP contribution in [0.3, 0.4) is 0 Å². The molecular weight excluding hydrogens is 382 g/mol. The largest absolute Gasteiger partial charge is 0.497 e. The zero-order chi connectivity index (χ0) is 21.3. The van der Waals surface area contributed by atoms with Crippen LogP contribution >= 0.6 is 0 Å². The monoisotopic (exact) mass is 407 g/mol. The lowest BCUT2D eigenvalue weighted by Crippen LogP contribution is -2.36. The number of hydrogen-bond acceptors (Lipinski definition) is 5. The molecule has 0 aliphatic heterocycles. The second kappa shape index (κ2) is 8.22. The predicted octanol–water partition coefficient (Wildman–Crippen LogP) is 3.99. The number of hydrogen-bond donors (Lipinski definition) is 0. The van der Waals surface area contributed by atoms with E-state index in [1.807, 2.05) is 55.1 Å². The molecule has 30 heavy (non-hydrogen) atoms. The van der Waals surface area contributed by atoms with Crippen LogP contribution in [0.15, 0.2) is 51.7 Å². The first-order chi connectivity index (χ1) is 14.5. The van der Waals surface area contributed by atoms with Gasteiger partial charge < -0.3 is 18.8 Å². The quantitative estimate of drug-likeness (QED) is 0.554. The SMILES string of the molecule is COc1ccc(CN(C(=O)COc2ccc3c(C)cc(=O)oc3c2C)C2CC2)cc1. The summed E-state index contributed by atoms with van der Waals surface area (Å²) >= 11 is 0. The van der Waals surface area contributed by atoms with Crippen LogP contribution in [0.5, 0.6) is 11.5 Å². The van der Waals surface area contributed by atoms with Gasteiger partial charge in [0, 0.05) is 29.6 Å². The first-order valence-electron chi connectivity index (χ1n) is 10.1. The molecule has 1 amide bonds. The number of rotatable bonds is 7. The molecular formula is C24H25NO5. The fourth-order valence-electron chi connectivity index (χ4n) is 3.61. The van der Waals surface area contributed by atoms with Gasteiger partial charge in [0.15, 0.2) is 6.61 Å². The van der Waals surface area contributed by atoms with Crippen molar-refractivity contribution in [2.24, 2.45) is 0 Å². The number of benzene rings is 2. The molecule has 0 saturated heterocycles. The molecule has 0 radical (unpaired) electrons. The summed E-state index contributed by atoms with van der Waals surface area (Å²) in [5.74, 6) is 1.28. The number of carbonyl (C=O) groups excluding carboxylic acids is 1. The molecule has 0 bridgehead atoms. The van der Waals surface area contributed by atoms with Crippen molar-refractivity contribution in [3.05, 3.63) is 69.6 Å². The van der Waals surface area contributed by atoms with Gasteiger partial charge >= 0.3 is 5.63 Å². The Morgan fingerprint density at radius 3 is 2.53 bits per heavy atom. The number of fused-ring (bicyclic) bond motifs is 1. The standard InChI is InChI=1S/C24H25NO5/c1-15-12-23(27)30-24-16(2)21(11-10-20(15)24)29-14-22(26)25(18-6-7-18)13-17-4-8-19(28-3)9-5-17/h4-5,8-12,18H,6-7,13-14H2,1-3H3. The summed E-state index contributed by atoms with van der Waals surface area (Å²) in [6.07, 6.45) is 2.03. The molecule has 1 heterocycles. The van der Waals surface area contributed by atoms with Gasteiger partial charge in [-0.05, 0) is 62.1 Å². The number of nitrogens with zero attached hydrogens (tertiary/aromatic N) is 1. The van der Waals surface area contributed by atoms with E-state index in [9.17, 15) is 9.59 Å². The smallest absolute Gasteiger partial charge is 0.336 e. The number of carbonyl (C=O) groups is 1. The molecule has 1 saturated carbocycles. The van der Waals surface area contributed by atoms with E-state index < -0.39 is 5.63 Å². The summed E-state index contributed by atoms with van der Waals surface area (Å²) in [4.78, 5) is 26.5. The third kappa shape index (κ3) is 4.17. The molecule has 0 N–H and O–H groups in total. The van der Waals surface area contributed by atoms with E-state index in [2.05, 4.69) is 0 Å². The van der Waals surface area contributed by atoms with Crippen molar-refractivity contribution in [2.75, 3.05) is 13.7 Å². The van der Waals surface area contributed by atoms with Gasteiger partial charge in [-0.15, -0.1) is 0 Å². The van der Waals surface area contributed by atoms with Crippen LogP contribution in [0.1, 0.15) is 29.5 Å². The van der Waals surface area contributed by atoms with E-state index in [-0.39, 0.29) is 18.6 Å². The molecule has 1 aromatic heterocycles. The molecule has 0 spiro atoms. The minimum atomic E-state index is -0.393. The van der Waals surface area contributed by atoms with E-state index in [0.29, 0.717) is 23.4 Å². The van der Waals surface area contributed by atoms with Gasteiger partial charge in [0.25, 0.3) is 5.91 Å². The average Bonchev–Trinajstić information content (AvgIpc) is 3.57. The normalized spacial score (nSPS) is 13.3. The Kier molecular flexibility index (Phi) is 5.48. The Morgan fingerprint density at radius 2 is 1.87 bits per heavy atom. The second-order valence-electron chi connectivity index (χ2n) is 7.70. The Bertz CT molecular complexity index is 1130. The molecule has 1 aliphatic rings. The predicted molar refractivity (Wildman–Crippen MR) is 114 cm³/mol. The van der Waals surface area contributed by atoms with Gasteiger partial charge in [0.1, 0.15) is 17.1 Å². The number of methoxy groups -OCH3 is 1. The van der Waals surface area contributed by atoms with Crippen molar-refractivity contribution >= 4 is 16.9 Å². The molecule has 4 rings (SSSR count). The lowest BCUT2D eigenvalue weighted by Gasteiger charge is -2.23. The van der Waals surface area contributed by atoms with E-state index in [1.54, 1.807) is 7.11 Å². The number of amides is 1. The van der Waals surface area contributed by atoms with Crippen molar-refractivity contribution in [1.29, 1.82) is 0 Å². The van der Waals surface area contributed by atoms with Gasteiger partial charge in [-0.2, -0.15) is 0 Å². The molecule has 1 fully saturated rings. The summed E-state index contributed by atoms with van der Waals surface area (Å²) in [7, 11) is 1.63. The molecule has 6 heteroatoms. The lowest BCUT2D eigenvalue weighted by molar-refractivity contribution is -0.134. The molecule has 0 atom stereocenters. The zero-order valence-electron chi connectivity index (χ0n) is 17.4. The molecule has 2 aromatic carbocycles. The van der Waals surface area contributed by atoms with Crippen LogP contribution in [-0.4, -0.2) is 30.6 Å². The number of ether oxygens (including phenoxy) is 2. The van der Waals surface area contributed by atoms with Crippen LogP contribution in [0, 0.1) is 13.8 Å². The zero-order valence-corrected chi connectivity index (χ0v) is 17.4. The fourth-order valence-corrected chi connectivity index (χ4v) is 3.61. The lowest BCUT2D eigenvalue weighted by atomic mass is 10.1. The summed E-state index contributed by atoms with van der Waals surface area (Å²) in [5, 5.41) is 0.866. The van der Waals surface area contributed by atoms with Gasteiger partial charge in [0.05, 0.1) is 7.11 Å². The van der Waals surface area contributed by atoms with Gasteiger partial charge in [-0.3, -0.25) is 4.79 Å². The summed E-state index contributed by atoms with van der Waals surface area (Å²) in [5.41, 5.74) is 2.73. The maximum Gasteiger partial charge on any atom is 0.336 e. The maximum absolute atomic E-state index is 12.9. The molecule has 3 aromatic rings. The Morgan fingerprint density at radius 1 is 1.13 bits per heavy atom. The van der Waals surface area contributed by atoms with Crippen LogP contribution < -0.4 is 15.1 Å². The minimum absolute atomic E-state index is 0.0569. The van der Waals surface area contributed by atoms with Crippen molar-refractivity contribution in [3.63, 3.8) is 0 Å². The van der Waals surface area contributed by atoms with Crippen molar-refractivity contribution in [2.45, 2.75) is 39.3 Å². The summed E-state index contributed by atoms with van der Waals surface area (Å²) in [6.45, 7) is 4.19. The van der Waals surface area contributed by atoms with Crippen molar-refractivity contribution < 1.29 is 18.7 Å². The average molecular weight is 407 g/mol. The number of aryl methyl sites for hydroxylation is 2. The Hall–Kier alpha value is -3.28. The van der Waals surface area contributed by atoms with Gasteiger partial charge in [-0.25, -0.2) is 4.79 Å². The highest BCUT2D eigenvalue weighted by Gasteiger charge is 2.32. The third-order valence-corrected chi connectivity index (χ3v) is 5.49. The topological polar surface area (TPSA) is 69.0 Å². The van der Waals surface area contributed by atoms with Crippen LogP contribution in [0.2, 0.25) is 0 Å². The first kappa shape index (κ1) is 20.0. The van der Waals surface area contributed by atoms with E-state index in [1.165, 1.54) is 6.07 Å². The molecule has 0 unspecified atom stereocenters. The highest BCUT2D eigenvalue weighted by Crippen LogP contribution is 2.30. The minimum Gasteiger partial charge on any atom is -0.497 e. The van der Waals surface area contributed by atoms with E-state index >= 15 is 0 Å². The van der Waals surface area contributed by atoms with Crippen LogP contribution in [0.4, 0.5) is 0 Å². The fraction of sp³-hybridized carbons (Fsp3) is 0.333. The molecule has 156 valence electrons. The highest BCUT2D eigenvalue weighted by molar-refractivity contribution is 5.85. The highest BCUT2D eigenvalue weighted by atomic mass is 16.5. The Balaban J connectivity index is 1.48. The van der Waals surface area contributed by atoms with Crippen LogP contribution in [-0.2, 0) is 11.3 Å². The van der Waals surface area contributed by atoms with Crippen molar-refractivity contribution in [3.8, 4) is 11.5 Å². The Labute approximate surface area is 175 Å². The van der Waals surface area contributed by atoms with Gasteiger partial charge in [-0.1, -0.05) is 12.1 Å². The van der Waals surface area contributed by atoms with E-state index in [4.69, 9.17) is 13.9 Å². The second-order valence-corrected chi connectivity index (χ2v) is 7.70. The molecule has 1 aliphatic carbocycles. The first-order valence-corrected chi connectivity index (χ1v) is 10.1. The molecule has 6 nitrogen and oxygen atoms in total. The van der Waals surface area contributed by atoms with Gasteiger partial charge in [0.2, 0.25) is 0 Å². The summed E-state index contributed by atoms with van der Waals surface area (Å²) < 4.78 is 16.4. The maximum atomic E-state index is 12.9.